The van der Waals surface area contributed by atoms with Crippen molar-refractivity contribution in [1.29, 1.82) is 5.26 Å². The zero-order valence-corrected chi connectivity index (χ0v) is 17.7. The fourth-order valence-corrected chi connectivity index (χ4v) is 3.82. The average Bonchev–Trinajstić information content (AvgIpc) is 2.78. The Balaban J connectivity index is 1.54. The Hall–Kier alpha value is -2.84. The highest BCUT2D eigenvalue weighted by atomic mass is 16.5. The number of nitriles is 1. The number of rotatable bonds is 9. The van der Waals surface area contributed by atoms with E-state index in [1.165, 1.54) is 16.7 Å². The molecule has 5 heteroatoms. The van der Waals surface area contributed by atoms with Gasteiger partial charge in [0.2, 0.25) is 5.91 Å². The molecule has 5 nitrogen and oxygen atoms in total. The van der Waals surface area contributed by atoms with Crippen LogP contribution in [0.25, 0.3) is 11.1 Å². The molecule has 30 heavy (non-hydrogen) atoms. The lowest BCUT2D eigenvalue weighted by Crippen LogP contribution is -2.34. The summed E-state index contributed by atoms with van der Waals surface area (Å²) in [5.74, 6) is 1.28. The van der Waals surface area contributed by atoms with E-state index in [2.05, 4.69) is 66.1 Å². The summed E-state index contributed by atoms with van der Waals surface area (Å²) in [6, 6.07) is 18.9. The number of carbonyl (C=O) groups excluding carboxylic acids is 1. The van der Waals surface area contributed by atoms with Gasteiger partial charge in [-0.25, -0.2) is 0 Å². The quantitative estimate of drug-likeness (QED) is 0.617. The van der Waals surface area contributed by atoms with Crippen LogP contribution in [0.5, 0.6) is 5.75 Å². The lowest BCUT2D eigenvalue weighted by molar-refractivity contribution is -0.121. The molecule has 0 aliphatic carbocycles. The summed E-state index contributed by atoms with van der Waals surface area (Å²) in [5.41, 5.74) is 3.64. The van der Waals surface area contributed by atoms with Crippen molar-refractivity contribution in [2.45, 2.75) is 45.1 Å². The van der Waals surface area contributed by atoms with Gasteiger partial charge < -0.3 is 15.4 Å². The molecule has 2 aromatic rings. The van der Waals surface area contributed by atoms with E-state index in [9.17, 15) is 4.79 Å². The monoisotopic (exact) mass is 405 g/mol. The molecule has 0 bridgehead atoms. The second-order valence-corrected chi connectivity index (χ2v) is 8.07. The first-order chi connectivity index (χ1) is 14.6. The van der Waals surface area contributed by atoms with Crippen molar-refractivity contribution in [2.24, 2.45) is 5.92 Å². The molecule has 1 atom stereocenters. The van der Waals surface area contributed by atoms with Gasteiger partial charge in [-0.3, -0.25) is 4.79 Å². The van der Waals surface area contributed by atoms with Crippen molar-refractivity contribution >= 4 is 5.91 Å². The third-order valence-electron chi connectivity index (χ3n) is 5.52. The Morgan fingerprint density at radius 3 is 2.70 bits per heavy atom. The Kier molecular flexibility index (Phi) is 8.29. The third-order valence-corrected chi connectivity index (χ3v) is 5.52. The Morgan fingerprint density at radius 1 is 1.20 bits per heavy atom. The molecule has 1 fully saturated rings. The maximum absolute atomic E-state index is 11.7. The van der Waals surface area contributed by atoms with Crippen molar-refractivity contribution in [3.8, 4) is 22.9 Å². The standard InChI is InChI=1S/C25H31N3O2/c1-19(5-10-25(29)28-16-13-26)17-20-3-2-4-22(18-20)21-6-8-23(9-7-21)30-24-11-14-27-15-12-24/h2-4,6-9,18-19,24,27H,5,10-12,14-17H2,1H3,(H,28,29). The minimum Gasteiger partial charge on any atom is -0.490 e. The van der Waals surface area contributed by atoms with E-state index >= 15 is 0 Å². The van der Waals surface area contributed by atoms with Gasteiger partial charge in [-0.2, -0.15) is 5.26 Å². The molecule has 0 aromatic heterocycles. The summed E-state index contributed by atoms with van der Waals surface area (Å²) in [5, 5.41) is 14.5. The van der Waals surface area contributed by atoms with Crippen LogP contribution in [0.1, 0.15) is 38.2 Å². The molecular weight excluding hydrogens is 374 g/mol. The van der Waals surface area contributed by atoms with Crippen molar-refractivity contribution in [2.75, 3.05) is 19.6 Å². The number of nitrogens with zero attached hydrogens (tertiary/aromatic N) is 1. The van der Waals surface area contributed by atoms with Crippen molar-refractivity contribution in [3.05, 3.63) is 54.1 Å². The molecule has 1 aliphatic heterocycles. The second-order valence-electron chi connectivity index (χ2n) is 8.07. The molecule has 158 valence electrons. The molecule has 1 saturated heterocycles. The first kappa shape index (κ1) is 21.9. The van der Waals surface area contributed by atoms with Crippen LogP contribution in [0.15, 0.2) is 48.5 Å². The predicted octanol–water partition coefficient (Wildman–Crippen LogP) is 4.08. The number of ether oxygens (including phenoxy) is 1. The first-order valence-corrected chi connectivity index (χ1v) is 10.8. The minimum atomic E-state index is -0.0519. The molecule has 3 rings (SSSR count). The summed E-state index contributed by atoms with van der Waals surface area (Å²) >= 11 is 0. The van der Waals surface area contributed by atoms with E-state index in [1.54, 1.807) is 0 Å². The van der Waals surface area contributed by atoms with E-state index < -0.39 is 0 Å². The van der Waals surface area contributed by atoms with Gasteiger partial charge in [0, 0.05) is 6.42 Å². The predicted molar refractivity (Wildman–Crippen MR) is 119 cm³/mol. The molecule has 2 aromatic carbocycles. The highest BCUT2D eigenvalue weighted by molar-refractivity contribution is 5.76. The van der Waals surface area contributed by atoms with E-state index in [4.69, 9.17) is 10.00 Å². The average molecular weight is 406 g/mol. The highest BCUT2D eigenvalue weighted by Crippen LogP contribution is 2.26. The van der Waals surface area contributed by atoms with E-state index in [-0.39, 0.29) is 12.5 Å². The van der Waals surface area contributed by atoms with Crippen LogP contribution in [-0.2, 0) is 11.2 Å². The number of carbonyl (C=O) groups is 1. The summed E-state index contributed by atoms with van der Waals surface area (Å²) < 4.78 is 6.10. The number of amides is 1. The molecule has 0 saturated carbocycles. The molecular formula is C25H31N3O2. The number of nitrogens with one attached hydrogen (secondary N) is 2. The van der Waals surface area contributed by atoms with Crippen LogP contribution in [0, 0.1) is 17.2 Å². The van der Waals surface area contributed by atoms with Gasteiger partial charge in [0.25, 0.3) is 0 Å². The van der Waals surface area contributed by atoms with Gasteiger partial charge in [-0.15, -0.1) is 0 Å². The largest absolute Gasteiger partial charge is 0.490 e. The maximum Gasteiger partial charge on any atom is 0.220 e. The van der Waals surface area contributed by atoms with Crippen LogP contribution >= 0.6 is 0 Å². The zero-order chi connectivity index (χ0) is 21.2. The van der Waals surface area contributed by atoms with Crippen LogP contribution in [0.2, 0.25) is 0 Å². The number of hydrogen-bond acceptors (Lipinski definition) is 4. The summed E-state index contributed by atoms with van der Waals surface area (Å²) in [7, 11) is 0. The van der Waals surface area contributed by atoms with Crippen LogP contribution in [0.4, 0.5) is 0 Å². The van der Waals surface area contributed by atoms with E-state index in [0.29, 0.717) is 18.4 Å². The molecule has 0 spiro atoms. The van der Waals surface area contributed by atoms with E-state index in [0.717, 1.165) is 44.5 Å². The topological polar surface area (TPSA) is 74.2 Å². The second kappa shape index (κ2) is 11.4. The van der Waals surface area contributed by atoms with Gasteiger partial charge in [-0.05, 0) is 73.5 Å². The van der Waals surface area contributed by atoms with Crippen LogP contribution < -0.4 is 15.4 Å². The Bertz CT molecular complexity index is 851. The lowest BCUT2D eigenvalue weighted by Gasteiger charge is -2.23. The minimum absolute atomic E-state index is 0.0519. The Morgan fingerprint density at radius 2 is 1.97 bits per heavy atom. The van der Waals surface area contributed by atoms with Gasteiger partial charge in [0.1, 0.15) is 18.4 Å². The van der Waals surface area contributed by atoms with Crippen molar-refractivity contribution in [1.82, 2.24) is 10.6 Å². The molecule has 2 N–H and O–H groups in total. The zero-order valence-electron chi connectivity index (χ0n) is 17.7. The van der Waals surface area contributed by atoms with Gasteiger partial charge in [0.05, 0.1) is 6.07 Å². The van der Waals surface area contributed by atoms with Crippen molar-refractivity contribution in [3.63, 3.8) is 0 Å². The fourth-order valence-electron chi connectivity index (χ4n) is 3.82. The van der Waals surface area contributed by atoms with Crippen molar-refractivity contribution < 1.29 is 9.53 Å². The fraction of sp³-hybridized carbons (Fsp3) is 0.440. The molecule has 1 aliphatic rings. The molecule has 1 amide bonds. The Labute approximate surface area is 179 Å². The van der Waals surface area contributed by atoms with Gasteiger partial charge in [0.15, 0.2) is 0 Å². The molecule has 1 unspecified atom stereocenters. The van der Waals surface area contributed by atoms with E-state index in [1.807, 2.05) is 6.07 Å². The molecule has 0 radical (unpaired) electrons. The third kappa shape index (κ3) is 6.89. The summed E-state index contributed by atoms with van der Waals surface area (Å²) in [6.07, 6.45) is 4.62. The van der Waals surface area contributed by atoms with Crippen LogP contribution in [0.3, 0.4) is 0 Å². The first-order valence-electron chi connectivity index (χ1n) is 10.8. The number of piperidine rings is 1. The summed E-state index contributed by atoms with van der Waals surface area (Å²) in [4.78, 5) is 11.7. The van der Waals surface area contributed by atoms with Gasteiger partial charge in [-0.1, -0.05) is 43.3 Å². The number of hydrogen-bond donors (Lipinski definition) is 2. The smallest absolute Gasteiger partial charge is 0.220 e. The molecule has 1 heterocycles. The summed E-state index contributed by atoms with van der Waals surface area (Å²) in [6.45, 7) is 4.30. The number of benzene rings is 2. The maximum atomic E-state index is 11.7. The lowest BCUT2D eigenvalue weighted by atomic mass is 9.94. The highest BCUT2D eigenvalue weighted by Gasteiger charge is 2.14. The van der Waals surface area contributed by atoms with Gasteiger partial charge >= 0.3 is 0 Å². The normalized spacial score (nSPS) is 15.2. The van der Waals surface area contributed by atoms with Crippen LogP contribution in [-0.4, -0.2) is 31.6 Å². The SMILES string of the molecule is CC(CCC(=O)NCC#N)Cc1cccc(-c2ccc(OC3CCNCC3)cc2)c1.